The van der Waals surface area contributed by atoms with Gasteiger partial charge in [-0.1, -0.05) is 40.2 Å². The SMILES string of the molecule is O=Cc1c2cccccc-2n(CCBr)c1=O. The van der Waals surface area contributed by atoms with Crippen LogP contribution in [0.5, 0.6) is 0 Å². The van der Waals surface area contributed by atoms with E-state index in [1.165, 1.54) is 0 Å². The van der Waals surface area contributed by atoms with Crippen molar-refractivity contribution in [2.75, 3.05) is 5.33 Å². The zero-order valence-electron chi connectivity index (χ0n) is 8.52. The Kier molecular flexibility index (Phi) is 3.19. The van der Waals surface area contributed by atoms with Crippen LogP contribution in [0.4, 0.5) is 0 Å². The van der Waals surface area contributed by atoms with Crippen LogP contribution in [0, 0.1) is 0 Å². The summed E-state index contributed by atoms with van der Waals surface area (Å²) in [5.74, 6) is 0. The van der Waals surface area contributed by atoms with Gasteiger partial charge in [0.1, 0.15) is 0 Å². The highest BCUT2D eigenvalue weighted by molar-refractivity contribution is 9.09. The largest absolute Gasteiger partial charge is 0.307 e. The van der Waals surface area contributed by atoms with Gasteiger partial charge in [-0.3, -0.25) is 9.59 Å². The Morgan fingerprint density at radius 3 is 2.69 bits per heavy atom. The summed E-state index contributed by atoms with van der Waals surface area (Å²) in [6, 6.07) is 9.21. The number of carbonyl (C=O) groups is 1. The van der Waals surface area contributed by atoms with Gasteiger partial charge in [0.05, 0.1) is 11.3 Å². The first-order valence-electron chi connectivity index (χ1n) is 4.92. The summed E-state index contributed by atoms with van der Waals surface area (Å²) in [4.78, 5) is 22.9. The molecule has 0 amide bonds. The highest BCUT2D eigenvalue weighted by atomic mass is 79.9. The van der Waals surface area contributed by atoms with Crippen LogP contribution in [0.3, 0.4) is 0 Å². The van der Waals surface area contributed by atoms with Crippen LogP contribution in [0.15, 0.2) is 35.1 Å². The average Bonchev–Trinajstić information content (AvgIpc) is 2.48. The van der Waals surface area contributed by atoms with Crippen molar-refractivity contribution in [1.29, 1.82) is 0 Å². The molecule has 16 heavy (non-hydrogen) atoms. The topological polar surface area (TPSA) is 39.1 Å². The first-order valence-corrected chi connectivity index (χ1v) is 6.04. The van der Waals surface area contributed by atoms with Gasteiger partial charge in [-0.15, -0.1) is 0 Å². The number of hydrogen-bond acceptors (Lipinski definition) is 2. The van der Waals surface area contributed by atoms with Crippen LogP contribution < -0.4 is 5.56 Å². The minimum Gasteiger partial charge on any atom is -0.307 e. The van der Waals surface area contributed by atoms with E-state index < -0.39 is 0 Å². The van der Waals surface area contributed by atoms with E-state index in [-0.39, 0.29) is 11.1 Å². The summed E-state index contributed by atoms with van der Waals surface area (Å²) in [7, 11) is 0. The summed E-state index contributed by atoms with van der Waals surface area (Å²) in [6.45, 7) is 0.563. The first-order chi connectivity index (χ1) is 7.79. The summed E-state index contributed by atoms with van der Waals surface area (Å²) in [5, 5.41) is 0.683. The molecule has 0 saturated heterocycles. The molecular weight excluding hydrogens is 270 g/mol. The van der Waals surface area contributed by atoms with Gasteiger partial charge in [-0.2, -0.15) is 0 Å². The van der Waals surface area contributed by atoms with Crippen molar-refractivity contribution in [3.8, 4) is 11.3 Å². The Morgan fingerprint density at radius 1 is 1.25 bits per heavy atom. The molecule has 1 aliphatic carbocycles. The van der Waals surface area contributed by atoms with E-state index >= 15 is 0 Å². The third-order valence-electron chi connectivity index (χ3n) is 2.50. The monoisotopic (exact) mass is 279 g/mol. The molecule has 4 heteroatoms. The normalized spacial score (nSPS) is 10.6. The van der Waals surface area contributed by atoms with Crippen LogP contribution in [0.25, 0.3) is 11.3 Å². The van der Waals surface area contributed by atoms with Gasteiger partial charge in [-0.05, 0) is 6.07 Å². The number of fused-ring (bicyclic) bond motifs is 1. The van der Waals surface area contributed by atoms with Gasteiger partial charge in [0.25, 0.3) is 5.56 Å². The number of halogens is 1. The molecule has 0 N–H and O–H groups in total. The fourth-order valence-electron chi connectivity index (χ4n) is 1.79. The Balaban J connectivity index is 2.79. The lowest BCUT2D eigenvalue weighted by atomic mass is 10.1. The van der Waals surface area contributed by atoms with E-state index in [4.69, 9.17) is 0 Å². The highest BCUT2D eigenvalue weighted by Gasteiger charge is 2.17. The second-order valence-electron chi connectivity index (χ2n) is 3.39. The third kappa shape index (κ3) is 1.69. The third-order valence-corrected chi connectivity index (χ3v) is 2.85. The molecule has 0 unspecified atom stereocenters. The maximum Gasteiger partial charge on any atom is 0.262 e. The molecule has 0 radical (unpaired) electrons. The van der Waals surface area contributed by atoms with Crippen molar-refractivity contribution in [3.63, 3.8) is 0 Å². The highest BCUT2D eigenvalue weighted by Crippen LogP contribution is 2.22. The van der Waals surface area contributed by atoms with Crippen molar-refractivity contribution in [1.82, 2.24) is 4.57 Å². The molecule has 0 fully saturated rings. The van der Waals surface area contributed by atoms with E-state index in [0.29, 0.717) is 23.7 Å². The lowest BCUT2D eigenvalue weighted by Gasteiger charge is -2.01. The molecule has 0 bridgehead atoms. The van der Waals surface area contributed by atoms with Crippen LogP contribution in [-0.2, 0) is 6.54 Å². The van der Waals surface area contributed by atoms with E-state index in [1.54, 1.807) is 10.6 Å². The minimum atomic E-state index is -0.212. The Hall–Kier alpha value is -1.42. The van der Waals surface area contributed by atoms with Crippen LogP contribution in [-0.4, -0.2) is 16.2 Å². The molecule has 1 aliphatic heterocycles. The molecule has 0 spiro atoms. The van der Waals surface area contributed by atoms with Gasteiger partial charge in [0.15, 0.2) is 6.29 Å². The van der Waals surface area contributed by atoms with Gasteiger partial charge < -0.3 is 4.57 Å². The maximum absolute atomic E-state index is 11.9. The average molecular weight is 280 g/mol. The quantitative estimate of drug-likeness (QED) is 0.638. The molecule has 2 aliphatic rings. The van der Waals surface area contributed by atoms with Crippen LogP contribution >= 0.6 is 15.9 Å². The summed E-state index contributed by atoms with van der Waals surface area (Å²) < 4.78 is 1.62. The zero-order chi connectivity index (χ0) is 11.5. The summed E-state index contributed by atoms with van der Waals surface area (Å²) >= 11 is 3.30. The van der Waals surface area contributed by atoms with Gasteiger partial charge in [0.2, 0.25) is 0 Å². The number of carbonyl (C=O) groups excluding carboxylic acids is 1. The van der Waals surface area contributed by atoms with Crippen molar-refractivity contribution < 1.29 is 4.79 Å². The van der Waals surface area contributed by atoms with Gasteiger partial charge >= 0.3 is 0 Å². The number of nitrogens with zero attached hydrogens (tertiary/aromatic N) is 1. The minimum absolute atomic E-state index is 0.212. The number of rotatable bonds is 3. The predicted molar refractivity (Wildman–Crippen MR) is 66.5 cm³/mol. The molecule has 0 aromatic carbocycles. The Bertz CT molecular complexity index is 547. The first kappa shape index (κ1) is 11.1. The van der Waals surface area contributed by atoms with Crippen LogP contribution in [0.1, 0.15) is 10.4 Å². The Morgan fingerprint density at radius 2 is 2.00 bits per heavy atom. The molecule has 1 heterocycles. The molecule has 0 atom stereocenters. The zero-order valence-corrected chi connectivity index (χ0v) is 10.1. The standard InChI is InChI=1S/C12H10BrNO2/c13-6-7-14-11-5-3-1-2-4-9(11)10(8-15)12(14)16/h1-5,8H,6-7H2. The molecular formula is C12H10BrNO2. The second kappa shape index (κ2) is 4.61. The number of aromatic nitrogens is 1. The fourth-order valence-corrected chi connectivity index (χ4v) is 2.15. The molecule has 0 aromatic heterocycles. The van der Waals surface area contributed by atoms with E-state index in [2.05, 4.69) is 15.9 Å². The number of alkyl halides is 1. The lowest BCUT2D eigenvalue weighted by molar-refractivity contribution is 0.112. The Labute approximate surface area is 101 Å². The summed E-state index contributed by atoms with van der Waals surface area (Å²) in [5.41, 5.74) is 1.55. The maximum atomic E-state index is 11.9. The van der Waals surface area contributed by atoms with E-state index in [9.17, 15) is 9.59 Å². The smallest absolute Gasteiger partial charge is 0.262 e. The fraction of sp³-hybridized carbons (Fsp3) is 0.167. The number of hydrogen-bond donors (Lipinski definition) is 0. The predicted octanol–water partition coefficient (Wildman–Crippen LogP) is 2.16. The van der Waals surface area contributed by atoms with Gasteiger partial charge in [-0.25, -0.2) is 0 Å². The molecule has 0 saturated carbocycles. The van der Waals surface area contributed by atoms with Crippen molar-refractivity contribution >= 4 is 22.2 Å². The van der Waals surface area contributed by atoms with Gasteiger partial charge in [0, 0.05) is 17.4 Å². The molecule has 3 nitrogen and oxygen atoms in total. The lowest BCUT2D eigenvalue weighted by Crippen LogP contribution is -2.18. The number of aldehydes is 1. The van der Waals surface area contributed by atoms with Crippen molar-refractivity contribution in [3.05, 3.63) is 46.2 Å². The van der Waals surface area contributed by atoms with E-state index in [0.717, 1.165) is 5.69 Å². The molecule has 0 aromatic rings. The summed E-state index contributed by atoms with van der Waals surface area (Å²) in [6.07, 6.45) is 0.634. The second-order valence-corrected chi connectivity index (χ2v) is 4.18. The van der Waals surface area contributed by atoms with Crippen molar-refractivity contribution in [2.24, 2.45) is 0 Å². The van der Waals surface area contributed by atoms with Crippen molar-refractivity contribution in [2.45, 2.75) is 6.54 Å². The van der Waals surface area contributed by atoms with Crippen LogP contribution in [0.2, 0.25) is 0 Å². The van der Waals surface area contributed by atoms with E-state index in [1.807, 2.05) is 24.3 Å². The molecule has 2 rings (SSSR count). The molecule has 82 valence electrons.